The Kier molecular flexibility index (Phi) is 39.0. The molecule has 0 radical (unpaired) electrons. The Labute approximate surface area is 779 Å². The van der Waals surface area contributed by atoms with Crippen LogP contribution in [0.5, 0.6) is 23.0 Å². The summed E-state index contributed by atoms with van der Waals surface area (Å²) in [6.45, 7) is 10.0. The van der Waals surface area contributed by atoms with Crippen molar-refractivity contribution in [2.24, 2.45) is 29.0 Å². The van der Waals surface area contributed by atoms with Gasteiger partial charge in [0.2, 0.25) is 82.7 Å². The molecule has 3 aromatic carbocycles. The summed E-state index contributed by atoms with van der Waals surface area (Å²) in [5.74, 6) is -24.8. The first-order valence-electron chi connectivity index (χ1n) is 42.9. The van der Waals surface area contributed by atoms with E-state index >= 15 is 0 Å². The molecule has 4 heterocycles. The second-order valence-electron chi connectivity index (χ2n) is 32.5. The van der Waals surface area contributed by atoms with Gasteiger partial charge in [-0.2, -0.15) is 0 Å². The lowest BCUT2D eigenvalue weighted by atomic mass is 9.77. The maximum atomic E-state index is 14.3. The number of nitrogens with two attached hydrogens (primary N) is 3. The number of ether oxygens (including phenoxy) is 2. The molecule has 0 bridgehead atoms. The molecule has 0 saturated carbocycles. The summed E-state index contributed by atoms with van der Waals surface area (Å²) in [7, 11) is 0. The van der Waals surface area contributed by atoms with E-state index in [-0.39, 0.29) is 100 Å². The predicted molar refractivity (Wildman–Crippen MR) is 471 cm³/mol. The number of hydrogen-bond acceptors (Lipinski definition) is 28. The van der Waals surface area contributed by atoms with E-state index in [1.165, 1.54) is 107 Å². The number of primary amides is 2. The number of aromatic nitrogens is 4. The highest BCUT2D eigenvalue weighted by atomic mass is 16.6. The van der Waals surface area contributed by atoms with Gasteiger partial charge in [0.1, 0.15) is 102 Å². The van der Waals surface area contributed by atoms with Crippen molar-refractivity contribution >= 4 is 130 Å². The van der Waals surface area contributed by atoms with Gasteiger partial charge in [0.05, 0.1) is 42.6 Å². The number of urea groups is 1. The number of hydrazine groups is 1. The van der Waals surface area contributed by atoms with E-state index in [4.69, 9.17) is 32.1 Å². The molecule has 137 heavy (non-hydrogen) atoms. The number of carbonyl (C=O) groups excluding carboxylic acids is 18. The summed E-state index contributed by atoms with van der Waals surface area (Å²) < 4.78 is 12.1. The fraction of sp³-hybridized carbons (Fsp3) is 0.452. The Morgan fingerprint density at radius 1 is 0.460 bits per heavy atom. The number of benzene rings is 3. The Balaban J connectivity index is 0.945. The maximum absolute atomic E-state index is 14.3. The van der Waals surface area contributed by atoms with Crippen molar-refractivity contribution in [3.05, 3.63) is 119 Å². The number of H-pyrrole nitrogens is 2. The molecule has 14 atom stereocenters. The van der Waals surface area contributed by atoms with Gasteiger partial charge in [-0.05, 0) is 114 Å². The van der Waals surface area contributed by atoms with E-state index in [2.05, 4.69) is 111 Å². The number of phenolic OH excluding ortho intramolecular Hbond substituents is 2. The van der Waals surface area contributed by atoms with Crippen LogP contribution in [0, 0.1) is 17.2 Å². The molecule has 31 N–H and O–H groups in total. The third kappa shape index (κ3) is 31.3. The number of aromatic hydroxyl groups is 2. The number of guanidine groups is 1. The van der Waals surface area contributed by atoms with Gasteiger partial charge in [-0.1, -0.05) is 34.1 Å². The van der Waals surface area contributed by atoms with E-state index in [0.29, 0.717) is 0 Å². The SMILES string of the molecule is CC[C@H](C)[C@H](NC(=O)[C@H](CCC(=O)O)NC(=O)[C@H](C)NC(=O)[C@H](Cc1c[nH]cn1)NC(=O)[C@H](C)NC(=O)NNC(=O)[C@H](Cc1c[nH]cn1)NC(=O)[C@@H](NC(=O)[C@H](C)NC(=O)[C@H](CCC(N)=O)NC(=O)c1ccc2c(c1)C1(OC2=O)c2ccc(O)cc2Oc2cc(O)ccc21)C(C)C)C(=O)N[C@@H](CC(N)=O)C(=O)N[C@@H](CCC(=O)O)C(=O)N[C@@H](C)C(=O)NCC(=O)N[C@@H](CCCNC(=N)N)C(=O)O. The fourth-order valence-electron chi connectivity index (χ4n) is 13.9. The van der Waals surface area contributed by atoms with Gasteiger partial charge in [-0.3, -0.25) is 97.1 Å². The lowest BCUT2D eigenvalue weighted by Gasteiger charge is -2.36. The third-order valence-electron chi connectivity index (χ3n) is 21.5. The van der Waals surface area contributed by atoms with Crippen molar-refractivity contribution in [1.29, 1.82) is 5.41 Å². The molecule has 7 rings (SSSR count). The number of carboxylic acids is 3. The van der Waals surface area contributed by atoms with Gasteiger partial charge >= 0.3 is 29.9 Å². The molecule has 53 heteroatoms. The second-order valence-corrected chi connectivity index (χ2v) is 32.5. The highest BCUT2D eigenvalue weighted by Crippen LogP contribution is 2.57. The lowest BCUT2D eigenvalue weighted by molar-refractivity contribution is -0.142. The number of nitrogens with one attached hydrogen (secondary N) is 20. The van der Waals surface area contributed by atoms with Gasteiger partial charge in [0.25, 0.3) is 11.8 Å². The Morgan fingerprint density at radius 3 is 1.42 bits per heavy atom. The number of carboxylic acid groups (broad SMARTS) is 3. The number of carbonyl (C=O) groups is 21. The largest absolute Gasteiger partial charge is 0.508 e. The monoisotopic (exact) mass is 1920 g/mol. The van der Waals surface area contributed by atoms with Gasteiger partial charge in [0, 0.05) is 85.4 Å². The molecule has 740 valence electrons. The van der Waals surface area contributed by atoms with Crippen LogP contribution >= 0.6 is 0 Å². The average Bonchev–Trinajstić information content (AvgIpc) is 1.56. The smallest absolute Gasteiger partial charge is 0.340 e. The summed E-state index contributed by atoms with van der Waals surface area (Å²) in [5, 5.41) is 92.2. The predicted octanol–water partition coefficient (Wildman–Crippen LogP) is -6.16. The van der Waals surface area contributed by atoms with Crippen LogP contribution in [-0.4, -0.2) is 267 Å². The lowest BCUT2D eigenvalue weighted by Crippen LogP contribution is -2.61. The zero-order valence-corrected chi connectivity index (χ0v) is 75.3. The normalized spacial score (nSPS) is 14.9. The topological polar surface area (TPSA) is 842 Å². The van der Waals surface area contributed by atoms with Crippen LogP contribution in [0.25, 0.3) is 0 Å². The van der Waals surface area contributed by atoms with Crippen LogP contribution in [0.15, 0.2) is 79.6 Å². The first-order valence-corrected chi connectivity index (χ1v) is 42.9. The van der Waals surface area contributed by atoms with E-state index < -0.39 is 278 Å². The number of esters is 1. The third-order valence-corrected chi connectivity index (χ3v) is 21.5. The summed E-state index contributed by atoms with van der Waals surface area (Å²) in [4.78, 5) is 295. The molecule has 0 fully saturated rings. The number of phenols is 2. The molecule has 53 nitrogen and oxygen atoms in total. The van der Waals surface area contributed by atoms with Crippen molar-refractivity contribution < 1.29 is 136 Å². The van der Waals surface area contributed by atoms with Gasteiger partial charge in [-0.25, -0.2) is 29.8 Å². The Bertz CT molecular complexity index is 5310. The number of aliphatic carboxylic acids is 3. The minimum Gasteiger partial charge on any atom is -0.508 e. The molecule has 0 unspecified atom stereocenters. The van der Waals surface area contributed by atoms with Crippen LogP contribution in [0.3, 0.4) is 0 Å². The first kappa shape index (κ1) is 107. The summed E-state index contributed by atoms with van der Waals surface area (Å²) in [6.07, 6.45) is -0.200. The molecule has 0 aliphatic carbocycles. The molecule has 18 amide bonds. The number of hydrogen-bond donors (Lipinski definition) is 28. The summed E-state index contributed by atoms with van der Waals surface area (Å²) >= 11 is 0. The van der Waals surface area contributed by atoms with Crippen LogP contribution in [-0.2, 0) is 109 Å². The molecular weight excluding hydrogens is 1810 g/mol. The zero-order chi connectivity index (χ0) is 102. The summed E-state index contributed by atoms with van der Waals surface area (Å²) in [5.41, 5.74) is 19.4. The standard InChI is InChI=1S/C84H111N25O28/c1-9-37(4)66(79(131)105-57(30-61(86)113)76(128)102-52(19-22-63(115)116)73(125)95-38(5)67(119)92-33-62(114)99-54(80(132)133)11-10-24-91-82(87)88)107-74(126)53(20-23-64(117)118)100-68(120)39(6)97-75(127)55(26-43-31-89-34-93-43)103-69(121)41(8)98-83(135)109-108-77(129)56(27-44-32-90-35-94-44)104-78(130)65(36(2)3)106-70(122)40(7)96-72(124)51(18-21-60(85)112)101-71(123)42-12-15-47-50(25-42)84(137-81(47)134)48-16-13-45(110)28-58(48)136-59-29-46(111)14-17-49(59)84/h12-17,25,28-29,31-32,34-41,51-57,65-66,110-111H,9-11,18-24,26-27,30,33H2,1-8H3,(H2,85,112)(H2,86,113)(H,89,93)(H,90,94)(H,92,119)(H,95,125)(H,96,124)(H,97,127)(H,99,114)(H,100,120)(H,101,123)(H,102,128)(H,103,121)(H,104,130)(H,105,131)(H,106,122)(H,107,126)(H,108,129)(H,115,116)(H,117,118)(H,132,133)(H4,87,88,91)(H2,98,109,135)/t37-,38-,39-,40-,41-,51-,52-,53-,54-,55-,56-,57-,65-,66-/m0/s1. The Morgan fingerprint density at radius 2 is 0.920 bits per heavy atom. The molecule has 5 aromatic rings. The van der Waals surface area contributed by atoms with Crippen molar-refractivity contribution in [2.75, 3.05) is 13.1 Å². The highest BCUT2D eigenvalue weighted by molar-refractivity contribution is 6.04. The average molecular weight is 1920 g/mol. The number of rotatable bonds is 51. The number of nitrogens with zero attached hydrogens (tertiary/aromatic N) is 2. The number of fused-ring (bicyclic) bond motifs is 6. The van der Waals surface area contributed by atoms with Gasteiger partial charge in [0.15, 0.2) is 11.6 Å². The van der Waals surface area contributed by atoms with Crippen molar-refractivity contribution in [3.63, 3.8) is 0 Å². The first-order chi connectivity index (χ1) is 64.6. The molecule has 2 aliphatic heterocycles. The Hall–Kier alpha value is -16.6. The maximum Gasteiger partial charge on any atom is 0.340 e. The van der Waals surface area contributed by atoms with Crippen LogP contribution < -0.4 is 113 Å². The zero-order valence-electron chi connectivity index (χ0n) is 75.3. The second kappa shape index (κ2) is 49.8. The highest BCUT2D eigenvalue weighted by Gasteiger charge is 2.54. The van der Waals surface area contributed by atoms with Crippen molar-refractivity contribution in [1.82, 2.24) is 111 Å². The number of aromatic amines is 2. The molecule has 2 aliphatic rings. The van der Waals surface area contributed by atoms with E-state index in [1.54, 1.807) is 6.92 Å². The number of amides is 18. The minimum absolute atomic E-state index is 0.0261. The van der Waals surface area contributed by atoms with Crippen LogP contribution in [0.2, 0.25) is 0 Å². The van der Waals surface area contributed by atoms with Crippen molar-refractivity contribution in [3.8, 4) is 23.0 Å². The molecular formula is C84H111N25O28. The summed E-state index contributed by atoms with van der Waals surface area (Å²) in [6, 6.07) is -10.5. The molecule has 1 spiro atoms. The van der Waals surface area contributed by atoms with E-state index in [9.17, 15) is 126 Å². The van der Waals surface area contributed by atoms with Gasteiger partial charge in [-0.15, -0.1) is 0 Å². The number of imidazole rings is 2. The van der Waals surface area contributed by atoms with E-state index in [0.717, 1.165) is 20.8 Å². The fourth-order valence-corrected chi connectivity index (χ4v) is 13.9. The van der Waals surface area contributed by atoms with E-state index in [1.807, 2.05) is 0 Å². The molecule has 2 aromatic heterocycles. The quantitative estimate of drug-likeness (QED) is 0.00566. The van der Waals surface area contributed by atoms with Gasteiger partial charge < -0.3 is 142 Å². The van der Waals surface area contributed by atoms with Crippen LogP contribution in [0.1, 0.15) is 168 Å². The van der Waals surface area contributed by atoms with Crippen LogP contribution in [0.4, 0.5) is 4.79 Å². The van der Waals surface area contributed by atoms with Crippen molar-refractivity contribution in [2.45, 2.75) is 217 Å². The molecule has 0 saturated heterocycles. The minimum atomic E-state index is -1.99.